The highest BCUT2D eigenvalue weighted by atomic mass is 35.5. The summed E-state index contributed by atoms with van der Waals surface area (Å²) in [6, 6.07) is -0.382. The van der Waals surface area contributed by atoms with Gasteiger partial charge in [-0.05, 0) is 73.7 Å². The molecule has 0 bridgehead atoms. The first kappa shape index (κ1) is 11.7. The Morgan fingerprint density at radius 1 is 1.36 bits per heavy atom. The smallest absolute Gasteiger partial charge is 0.161 e. The molecule has 0 aromatic heterocycles. The zero-order valence-electron chi connectivity index (χ0n) is 20.5. The van der Waals surface area contributed by atoms with Gasteiger partial charge in [0, 0.05) is 23.7 Å². The molecule has 0 saturated heterocycles. The number of aliphatic hydroxyl groups is 1. The molecule has 4 rings (SSSR count). The van der Waals surface area contributed by atoms with Gasteiger partial charge >= 0.3 is 0 Å². The third-order valence-electron chi connectivity index (χ3n) is 7.68. The summed E-state index contributed by atoms with van der Waals surface area (Å²) in [4.78, 5) is 25.2. The Kier molecular flexibility index (Phi) is 2.48. The molecule has 0 aromatic carbocycles. The first-order valence-corrected chi connectivity index (χ1v) is 9.30. The van der Waals surface area contributed by atoms with Gasteiger partial charge in [-0.15, -0.1) is 0 Å². The number of carbonyl (C=O) groups is 2. The van der Waals surface area contributed by atoms with Gasteiger partial charge in [0.05, 0.1) is 1.37 Å². The lowest BCUT2D eigenvalue weighted by Crippen LogP contribution is -2.56. The van der Waals surface area contributed by atoms with Crippen LogP contribution in [0.5, 0.6) is 0 Å². The highest BCUT2D eigenvalue weighted by molar-refractivity contribution is 6.32. The fraction of sp³-hybridized carbons (Fsp3) is 0.714. The summed E-state index contributed by atoms with van der Waals surface area (Å²) in [5.74, 6) is -2.53. The lowest BCUT2D eigenvalue weighted by Gasteiger charge is -2.57. The number of allylic oxidation sites excluding steroid dienone is 4. The molecule has 4 heteroatoms. The number of rotatable bonds is 1. The topological polar surface area (TPSA) is 54.4 Å². The Morgan fingerprint density at radius 3 is 2.80 bits per heavy atom. The SMILES string of the molecule is [2H]C1=C2C(Cl)=C[C@@H]3[C@H](CC[C@@]4(C)[C@H]3CC[C@]4(O)C(=O)C([2H])([2H])[2H])[C@@]2(C)CC([2H])([2H])C1=O. The van der Waals surface area contributed by atoms with Crippen LogP contribution >= 0.6 is 11.6 Å². The lowest BCUT2D eigenvalue weighted by atomic mass is 9.48. The van der Waals surface area contributed by atoms with Gasteiger partial charge in [0.25, 0.3) is 0 Å². The van der Waals surface area contributed by atoms with Crippen LogP contribution in [0.4, 0.5) is 0 Å². The third-order valence-corrected chi connectivity index (χ3v) is 8.00. The Balaban J connectivity index is 1.82. The van der Waals surface area contributed by atoms with Crippen molar-refractivity contribution in [1.82, 2.24) is 0 Å². The van der Waals surface area contributed by atoms with Crippen molar-refractivity contribution in [2.24, 2.45) is 28.6 Å². The molecule has 4 aliphatic rings. The Hall–Kier alpha value is -0.930. The summed E-state index contributed by atoms with van der Waals surface area (Å²) in [5.41, 5.74) is -3.35. The average Bonchev–Trinajstić information content (AvgIpc) is 2.90. The second kappa shape index (κ2) is 5.29. The molecular weight excluding hydrogens is 336 g/mol. The van der Waals surface area contributed by atoms with E-state index in [9.17, 15) is 14.7 Å². The molecule has 1 N–H and O–H groups in total. The summed E-state index contributed by atoms with van der Waals surface area (Å²) in [6.07, 6.45) is 0.960. The van der Waals surface area contributed by atoms with Crippen molar-refractivity contribution in [3.63, 3.8) is 0 Å². The number of carbonyl (C=O) groups excluding carboxylic acids is 2. The average molecular weight is 369 g/mol. The van der Waals surface area contributed by atoms with E-state index in [2.05, 4.69) is 0 Å². The number of Topliss-reactive ketones (excluding diaryl/α,β-unsaturated/α-hetero) is 1. The van der Waals surface area contributed by atoms with Gasteiger partial charge in [0.15, 0.2) is 11.6 Å². The first-order chi connectivity index (χ1) is 14.0. The van der Waals surface area contributed by atoms with Crippen molar-refractivity contribution in [2.45, 2.75) is 64.8 Å². The Labute approximate surface area is 162 Å². The van der Waals surface area contributed by atoms with E-state index in [0.29, 0.717) is 24.8 Å². The molecule has 4 aliphatic carbocycles. The number of halogens is 1. The zero-order valence-corrected chi connectivity index (χ0v) is 15.2. The highest BCUT2D eigenvalue weighted by Crippen LogP contribution is 2.67. The minimum Gasteiger partial charge on any atom is -0.382 e. The van der Waals surface area contributed by atoms with Crippen LogP contribution in [0, 0.1) is 28.6 Å². The van der Waals surface area contributed by atoms with E-state index in [1.54, 1.807) is 13.0 Å². The molecule has 0 aromatic rings. The van der Waals surface area contributed by atoms with E-state index in [0.717, 1.165) is 0 Å². The van der Waals surface area contributed by atoms with E-state index in [1.807, 2.05) is 6.92 Å². The molecule has 3 nitrogen and oxygen atoms in total. The molecule has 0 radical (unpaired) electrons. The lowest BCUT2D eigenvalue weighted by molar-refractivity contribution is -0.156. The molecule has 0 heterocycles. The number of hydrogen-bond acceptors (Lipinski definition) is 3. The maximum Gasteiger partial charge on any atom is 0.161 e. The fourth-order valence-electron chi connectivity index (χ4n) is 6.12. The Bertz CT molecular complexity index is 940. The van der Waals surface area contributed by atoms with Crippen molar-refractivity contribution in [3.05, 3.63) is 22.7 Å². The number of hydrogen-bond donors (Lipinski definition) is 1. The van der Waals surface area contributed by atoms with Crippen LogP contribution in [-0.4, -0.2) is 22.3 Å². The molecule has 25 heavy (non-hydrogen) atoms. The maximum absolute atomic E-state index is 12.8. The van der Waals surface area contributed by atoms with E-state index < -0.39 is 41.2 Å². The van der Waals surface area contributed by atoms with Crippen LogP contribution in [0.3, 0.4) is 0 Å². The molecule has 0 spiro atoms. The predicted octanol–water partition coefficient (Wildman–Crippen LogP) is 4.18. The van der Waals surface area contributed by atoms with E-state index in [1.165, 1.54) is 0 Å². The van der Waals surface area contributed by atoms with Crippen molar-refractivity contribution in [2.75, 3.05) is 0 Å². The number of ketones is 2. The minimum absolute atomic E-state index is 0.0580. The second-order valence-electron chi connectivity index (χ2n) is 8.59. The van der Waals surface area contributed by atoms with Crippen LogP contribution in [0.2, 0.25) is 0 Å². The van der Waals surface area contributed by atoms with Gasteiger partial charge in [0.1, 0.15) is 5.60 Å². The molecule has 0 unspecified atom stereocenters. The normalized spacial score (nSPS) is 55.3. The highest BCUT2D eigenvalue weighted by Gasteiger charge is 2.65. The van der Waals surface area contributed by atoms with Crippen LogP contribution < -0.4 is 0 Å². The van der Waals surface area contributed by atoms with Crippen molar-refractivity contribution < 1.29 is 22.9 Å². The van der Waals surface area contributed by atoms with E-state index in [4.69, 9.17) is 19.8 Å². The molecular formula is C21H27ClO3. The standard InChI is InChI=1S/C21H27ClO3/c1-12(23)21(25)9-6-16-14-11-18(22)17-10-13(24)4-7-19(17,2)15(14)5-8-20(16,21)3/h10-11,14-16,25H,4-9H2,1-3H3/t14-,15+,16+,19-,20+,21+/m1/s1/i1D3,4D2,10D. The van der Waals surface area contributed by atoms with Gasteiger partial charge < -0.3 is 5.11 Å². The van der Waals surface area contributed by atoms with Crippen LogP contribution in [0.1, 0.15) is 67.4 Å². The number of fused-ring (bicyclic) bond motifs is 5. The summed E-state index contributed by atoms with van der Waals surface area (Å²) < 4.78 is 47.4. The van der Waals surface area contributed by atoms with Crippen LogP contribution in [-0.2, 0) is 9.59 Å². The molecule has 136 valence electrons. The predicted molar refractivity (Wildman–Crippen MR) is 97.0 cm³/mol. The van der Waals surface area contributed by atoms with E-state index in [-0.39, 0.29) is 41.7 Å². The quantitative estimate of drug-likeness (QED) is 0.755. The zero-order chi connectivity index (χ0) is 23.4. The molecule has 2 fully saturated rings. The third kappa shape index (κ3) is 2.09. The first-order valence-electron chi connectivity index (χ1n) is 11.9. The monoisotopic (exact) mass is 368 g/mol. The fourth-order valence-corrected chi connectivity index (χ4v) is 6.52. The van der Waals surface area contributed by atoms with Gasteiger partial charge in [0.2, 0.25) is 0 Å². The summed E-state index contributed by atoms with van der Waals surface area (Å²) in [5, 5.41) is 11.6. The summed E-state index contributed by atoms with van der Waals surface area (Å²) >= 11 is 6.58. The van der Waals surface area contributed by atoms with Crippen LogP contribution in [0.15, 0.2) is 22.7 Å². The molecule has 0 amide bonds. The summed E-state index contributed by atoms with van der Waals surface area (Å²) in [7, 11) is 0. The second-order valence-corrected chi connectivity index (χ2v) is 9.00. The van der Waals surface area contributed by atoms with Crippen molar-refractivity contribution >= 4 is 23.2 Å². The summed E-state index contributed by atoms with van der Waals surface area (Å²) in [6.45, 7) is 0.733. The maximum atomic E-state index is 12.8. The van der Waals surface area contributed by atoms with Crippen molar-refractivity contribution in [1.29, 1.82) is 0 Å². The Morgan fingerprint density at radius 2 is 2.08 bits per heavy atom. The van der Waals surface area contributed by atoms with Gasteiger partial charge in [-0.2, -0.15) is 0 Å². The van der Waals surface area contributed by atoms with Gasteiger partial charge in [-0.1, -0.05) is 31.5 Å². The molecule has 6 atom stereocenters. The largest absolute Gasteiger partial charge is 0.382 e. The van der Waals surface area contributed by atoms with Gasteiger partial charge in [-0.25, -0.2) is 0 Å². The minimum atomic E-state index is -2.90. The van der Waals surface area contributed by atoms with Crippen molar-refractivity contribution in [3.8, 4) is 0 Å². The van der Waals surface area contributed by atoms with Gasteiger partial charge in [-0.3, -0.25) is 9.59 Å². The molecule has 2 saturated carbocycles. The van der Waals surface area contributed by atoms with E-state index >= 15 is 0 Å². The van der Waals surface area contributed by atoms with Crippen LogP contribution in [0.25, 0.3) is 0 Å². The molecule has 0 aliphatic heterocycles.